The normalized spacial score (nSPS) is 14.5. The molecule has 20 heavy (non-hydrogen) atoms. The molecule has 116 valence electrons. The Morgan fingerprint density at radius 3 is 2.55 bits per heavy atom. The van der Waals surface area contributed by atoms with Crippen molar-refractivity contribution in [2.45, 2.75) is 37.0 Å². The van der Waals surface area contributed by atoms with Crippen molar-refractivity contribution in [1.82, 2.24) is 10.0 Å². The lowest BCUT2D eigenvalue weighted by Gasteiger charge is -2.15. The highest BCUT2D eigenvalue weighted by Gasteiger charge is 2.33. The SMILES string of the molecule is CNCc1cc(S(=O)(=O)NC(C)CC(F)(F)F)c(Br)o1. The molecule has 10 heteroatoms. The molecule has 0 aliphatic rings. The van der Waals surface area contributed by atoms with E-state index < -0.39 is 28.7 Å². The summed E-state index contributed by atoms with van der Waals surface area (Å²) in [5.74, 6) is 0.350. The average Bonchev–Trinajstić information content (AvgIpc) is 2.56. The second kappa shape index (κ2) is 6.46. The highest BCUT2D eigenvalue weighted by Crippen LogP contribution is 2.27. The van der Waals surface area contributed by atoms with Crippen molar-refractivity contribution in [3.05, 3.63) is 16.5 Å². The van der Waals surface area contributed by atoms with Gasteiger partial charge in [-0.15, -0.1) is 0 Å². The van der Waals surface area contributed by atoms with Crippen LogP contribution in [0.25, 0.3) is 0 Å². The van der Waals surface area contributed by atoms with Crippen LogP contribution in [0.3, 0.4) is 0 Å². The highest BCUT2D eigenvalue weighted by molar-refractivity contribution is 9.10. The Morgan fingerprint density at radius 2 is 2.05 bits per heavy atom. The quantitative estimate of drug-likeness (QED) is 0.796. The molecule has 1 unspecified atom stereocenters. The van der Waals surface area contributed by atoms with Crippen LogP contribution in [0.1, 0.15) is 19.1 Å². The van der Waals surface area contributed by atoms with Crippen LogP contribution in [-0.4, -0.2) is 27.7 Å². The fraction of sp³-hybridized carbons (Fsp3) is 0.600. The fourth-order valence-corrected chi connectivity index (χ4v) is 3.80. The second-order valence-electron chi connectivity index (χ2n) is 4.22. The van der Waals surface area contributed by atoms with E-state index in [1.54, 1.807) is 7.05 Å². The van der Waals surface area contributed by atoms with Crippen LogP contribution in [-0.2, 0) is 16.6 Å². The molecule has 1 heterocycles. The molecule has 0 radical (unpaired) electrons. The van der Waals surface area contributed by atoms with Crippen molar-refractivity contribution in [2.24, 2.45) is 0 Å². The summed E-state index contributed by atoms with van der Waals surface area (Å²) in [5.41, 5.74) is 0. The molecule has 0 saturated heterocycles. The summed E-state index contributed by atoms with van der Waals surface area (Å²) in [6.07, 6.45) is -5.68. The smallest absolute Gasteiger partial charge is 0.390 e. The summed E-state index contributed by atoms with van der Waals surface area (Å²) in [6, 6.07) is -0.0157. The summed E-state index contributed by atoms with van der Waals surface area (Å²) >= 11 is 2.94. The molecule has 5 nitrogen and oxygen atoms in total. The molecule has 0 bridgehead atoms. The monoisotopic (exact) mass is 378 g/mol. The molecule has 0 aliphatic heterocycles. The van der Waals surface area contributed by atoms with Gasteiger partial charge in [0.05, 0.1) is 13.0 Å². The van der Waals surface area contributed by atoms with Gasteiger partial charge in [-0.05, 0) is 29.9 Å². The largest absolute Gasteiger partial charge is 0.452 e. The lowest BCUT2D eigenvalue weighted by atomic mass is 10.2. The van der Waals surface area contributed by atoms with Crippen LogP contribution in [0.4, 0.5) is 13.2 Å². The van der Waals surface area contributed by atoms with Gasteiger partial charge in [-0.2, -0.15) is 13.2 Å². The molecular formula is C10H14BrF3N2O3S. The maximum Gasteiger partial charge on any atom is 0.390 e. The first-order chi connectivity index (χ1) is 9.05. The van der Waals surface area contributed by atoms with E-state index in [-0.39, 0.29) is 9.56 Å². The van der Waals surface area contributed by atoms with Crippen LogP contribution < -0.4 is 10.0 Å². The summed E-state index contributed by atoms with van der Waals surface area (Å²) < 4.78 is 67.6. The van der Waals surface area contributed by atoms with E-state index >= 15 is 0 Å². The van der Waals surface area contributed by atoms with Gasteiger partial charge in [0.2, 0.25) is 10.0 Å². The lowest BCUT2D eigenvalue weighted by Crippen LogP contribution is -2.35. The van der Waals surface area contributed by atoms with E-state index in [1.807, 2.05) is 4.72 Å². The highest BCUT2D eigenvalue weighted by atomic mass is 79.9. The van der Waals surface area contributed by atoms with Gasteiger partial charge in [0.1, 0.15) is 10.7 Å². The maximum absolute atomic E-state index is 12.2. The van der Waals surface area contributed by atoms with Crippen LogP contribution in [0.2, 0.25) is 0 Å². The average molecular weight is 379 g/mol. The van der Waals surface area contributed by atoms with Crippen molar-refractivity contribution >= 4 is 26.0 Å². The van der Waals surface area contributed by atoms with Crippen molar-refractivity contribution in [3.63, 3.8) is 0 Å². The Kier molecular flexibility index (Phi) is 5.64. The minimum Gasteiger partial charge on any atom is -0.452 e. The van der Waals surface area contributed by atoms with E-state index in [9.17, 15) is 21.6 Å². The summed E-state index contributed by atoms with van der Waals surface area (Å²) in [7, 11) is -2.43. The van der Waals surface area contributed by atoms with Gasteiger partial charge in [0.25, 0.3) is 0 Å². The van der Waals surface area contributed by atoms with Crippen molar-refractivity contribution in [3.8, 4) is 0 Å². The number of sulfonamides is 1. The number of furan rings is 1. The van der Waals surface area contributed by atoms with E-state index in [2.05, 4.69) is 21.2 Å². The van der Waals surface area contributed by atoms with Gasteiger partial charge in [-0.1, -0.05) is 0 Å². The predicted octanol–water partition coefficient (Wildman–Crippen LogP) is 2.38. The Hall–Kier alpha value is -0.580. The Morgan fingerprint density at radius 1 is 1.45 bits per heavy atom. The number of rotatable bonds is 6. The van der Waals surface area contributed by atoms with Crippen molar-refractivity contribution < 1.29 is 26.0 Å². The minimum absolute atomic E-state index is 0.0468. The second-order valence-corrected chi connectivity index (χ2v) is 6.63. The fourth-order valence-electron chi connectivity index (χ4n) is 1.56. The first-order valence-corrected chi connectivity index (χ1v) is 7.84. The van der Waals surface area contributed by atoms with Crippen LogP contribution in [0.15, 0.2) is 20.0 Å². The summed E-state index contributed by atoms with van der Waals surface area (Å²) in [4.78, 5) is -0.225. The lowest BCUT2D eigenvalue weighted by molar-refractivity contribution is -0.137. The molecule has 1 atom stereocenters. The molecule has 0 aromatic carbocycles. The summed E-state index contributed by atoms with van der Waals surface area (Å²) in [5, 5.41) is 2.77. The number of halogens is 4. The van der Waals surface area contributed by atoms with Crippen LogP contribution >= 0.6 is 15.9 Å². The van der Waals surface area contributed by atoms with Gasteiger partial charge in [0, 0.05) is 12.1 Å². The number of hydrogen-bond donors (Lipinski definition) is 2. The summed E-state index contributed by atoms with van der Waals surface area (Å²) in [6.45, 7) is 1.44. The molecule has 1 rings (SSSR count). The van der Waals surface area contributed by atoms with Crippen LogP contribution in [0, 0.1) is 0 Å². The molecular weight excluding hydrogens is 365 g/mol. The minimum atomic E-state index is -4.44. The Balaban J connectivity index is 2.88. The number of hydrogen-bond acceptors (Lipinski definition) is 4. The van der Waals surface area contributed by atoms with E-state index in [1.165, 1.54) is 6.07 Å². The molecule has 0 fully saturated rings. The van der Waals surface area contributed by atoms with Gasteiger partial charge in [0.15, 0.2) is 4.67 Å². The van der Waals surface area contributed by atoms with Gasteiger partial charge >= 0.3 is 6.18 Å². The van der Waals surface area contributed by atoms with E-state index in [0.717, 1.165) is 6.92 Å². The zero-order valence-corrected chi connectivity index (χ0v) is 13.1. The van der Waals surface area contributed by atoms with Crippen LogP contribution in [0.5, 0.6) is 0 Å². The van der Waals surface area contributed by atoms with Gasteiger partial charge in [-0.25, -0.2) is 13.1 Å². The standard InChI is InChI=1S/C10H14BrF3N2O3S/c1-6(4-10(12,13)14)16-20(17,18)8-3-7(5-15-2)19-9(8)11/h3,6,15-16H,4-5H2,1-2H3. The van der Waals surface area contributed by atoms with Gasteiger partial charge < -0.3 is 9.73 Å². The topological polar surface area (TPSA) is 71.3 Å². The maximum atomic E-state index is 12.2. The molecule has 0 aliphatic carbocycles. The first-order valence-electron chi connectivity index (χ1n) is 5.57. The zero-order chi connectivity index (χ0) is 15.6. The van der Waals surface area contributed by atoms with Crippen molar-refractivity contribution in [1.29, 1.82) is 0 Å². The number of alkyl halides is 3. The van der Waals surface area contributed by atoms with Crippen molar-refractivity contribution in [2.75, 3.05) is 7.05 Å². The molecule has 1 aromatic heterocycles. The molecule has 0 saturated carbocycles. The third-order valence-electron chi connectivity index (χ3n) is 2.24. The number of nitrogens with one attached hydrogen (secondary N) is 2. The molecule has 2 N–H and O–H groups in total. The third kappa shape index (κ3) is 5.08. The predicted molar refractivity (Wildman–Crippen MR) is 69.6 cm³/mol. The Labute approximate surface area is 123 Å². The Bertz CT molecular complexity index is 557. The first kappa shape index (κ1) is 17.5. The zero-order valence-electron chi connectivity index (χ0n) is 10.7. The molecule has 0 amide bonds. The van der Waals surface area contributed by atoms with Gasteiger partial charge in [-0.3, -0.25) is 0 Å². The molecule has 1 aromatic rings. The van der Waals surface area contributed by atoms with E-state index in [0.29, 0.717) is 12.3 Å². The third-order valence-corrected chi connectivity index (χ3v) is 4.69. The van der Waals surface area contributed by atoms with E-state index in [4.69, 9.17) is 4.42 Å². The molecule has 0 spiro atoms.